The van der Waals surface area contributed by atoms with Crippen LogP contribution in [0.5, 0.6) is 5.75 Å². The maximum atomic E-state index is 12.3. The molecule has 1 N–H and O–H groups in total. The zero-order chi connectivity index (χ0) is 19.1. The van der Waals surface area contributed by atoms with Crippen LogP contribution in [0, 0.1) is 0 Å². The lowest BCUT2D eigenvalue weighted by atomic mass is 9.90. The van der Waals surface area contributed by atoms with Gasteiger partial charge in [0.2, 0.25) is 0 Å². The minimum Gasteiger partial charge on any atom is -0.484 e. The predicted octanol–water partition coefficient (Wildman–Crippen LogP) is 4.29. The Kier molecular flexibility index (Phi) is 6.09. The van der Waals surface area contributed by atoms with Gasteiger partial charge in [0.05, 0.1) is 6.54 Å². The Bertz CT molecular complexity index is 888. The van der Waals surface area contributed by atoms with E-state index in [0.717, 1.165) is 22.8 Å². The Morgan fingerprint density at radius 2 is 1.67 bits per heavy atom. The Labute approximate surface area is 160 Å². The van der Waals surface area contributed by atoms with Gasteiger partial charge in [0.1, 0.15) is 11.4 Å². The summed E-state index contributed by atoms with van der Waals surface area (Å²) in [5.74, 6) is 0.509. The summed E-state index contributed by atoms with van der Waals surface area (Å²) in [7, 11) is 1.67. The first kappa shape index (κ1) is 18.9. The van der Waals surface area contributed by atoms with Gasteiger partial charge in [-0.05, 0) is 34.9 Å². The monoisotopic (exact) mass is 363 g/mol. The van der Waals surface area contributed by atoms with Crippen LogP contribution >= 0.6 is 0 Å². The molecule has 0 saturated heterocycles. The van der Waals surface area contributed by atoms with E-state index in [9.17, 15) is 4.79 Å². The lowest BCUT2D eigenvalue weighted by Crippen LogP contribution is -2.43. The number of nitrogens with one attached hydrogen (secondary N) is 1. The van der Waals surface area contributed by atoms with Crippen molar-refractivity contribution in [3.63, 3.8) is 0 Å². The minimum atomic E-state index is -0.542. The fourth-order valence-corrected chi connectivity index (χ4v) is 3.21. The number of hydrogen-bond acceptors (Lipinski definition) is 3. The smallest absolute Gasteiger partial charge is 0.258 e. The maximum absolute atomic E-state index is 12.3. The van der Waals surface area contributed by atoms with Crippen LogP contribution in [0.2, 0.25) is 0 Å². The van der Waals surface area contributed by atoms with Crippen LogP contribution in [-0.4, -0.2) is 26.2 Å². The molecule has 0 saturated carbocycles. The van der Waals surface area contributed by atoms with Crippen LogP contribution in [0.3, 0.4) is 0 Å². The van der Waals surface area contributed by atoms with Crippen molar-refractivity contribution in [1.29, 1.82) is 0 Å². The summed E-state index contributed by atoms with van der Waals surface area (Å²) in [6, 6.07) is 23.8. The van der Waals surface area contributed by atoms with E-state index in [1.165, 1.54) is 0 Å². The van der Waals surface area contributed by atoms with Crippen molar-refractivity contribution in [3.8, 4) is 5.75 Å². The quantitative estimate of drug-likeness (QED) is 0.650. The van der Waals surface area contributed by atoms with Gasteiger partial charge in [0.25, 0.3) is 5.91 Å². The topological polar surface area (TPSA) is 47.6 Å². The Hall–Kier alpha value is -2.85. The Balaban J connectivity index is 1.59. The summed E-state index contributed by atoms with van der Waals surface area (Å²) in [5.41, 5.74) is 0.505. The van der Waals surface area contributed by atoms with Crippen molar-refractivity contribution in [2.75, 3.05) is 20.3 Å². The second-order valence-electron chi connectivity index (χ2n) is 6.49. The lowest BCUT2D eigenvalue weighted by molar-refractivity contribution is -0.125. The van der Waals surface area contributed by atoms with Gasteiger partial charge < -0.3 is 14.8 Å². The third-order valence-corrected chi connectivity index (χ3v) is 4.92. The predicted molar refractivity (Wildman–Crippen MR) is 108 cm³/mol. The van der Waals surface area contributed by atoms with Gasteiger partial charge in [-0.2, -0.15) is 0 Å². The molecule has 0 bridgehead atoms. The van der Waals surface area contributed by atoms with Crippen LogP contribution in [-0.2, 0) is 15.1 Å². The average molecular weight is 363 g/mol. The molecule has 1 atom stereocenters. The average Bonchev–Trinajstić information content (AvgIpc) is 2.74. The van der Waals surface area contributed by atoms with Gasteiger partial charge >= 0.3 is 0 Å². The molecule has 140 valence electrons. The molecule has 0 radical (unpaired) electrons. The van der Waals surface area contributed by atoms with E-state index in [2.05, 4.69) is 5.32 Å². The van der Waals surface area contributed by atoms with Crippen molar-refractivity contribution < 1.29 is 14.3 Å². The highest BCUT2D eigenvalue weighted by Crippen LogP contribution is 2.28. The van der Waals surface area contributed by atoms with E-state index in [1.54, 1.807) is 7.11 Å². The summed E-state index contributed by atoms with van der Waals surface area (Å²) >= 11 is 0. The van der Waals surface area contributed by atoms with Gasteiger partial charge in [-0.25, -0.2) is 0 Å². The molecule has 27 heavy (non-hydrogen) atoms. The second-order valence-corrected chi connectivity index (χ2v) is 6.49. The Morgan fingerprint density at radius 1 is 0.963 bits per heavy atom. The number of hydrogen-bond donors (Lipinski definition) is 1. The molecule has 1 amide bonds. The SMILES string of the molecule is CCC(CNC(=O)COc1ccc2ccccc2c1)(OC)c1ccccc1. The van der Waals surface area contributed by atoms with E-state index in [-0.39, 0.29) is 12.5 Å². The van der Waals surface area contributed by atoms with Gasteiger partial charge in [-0.3, -0.25) is 4.79 Å². The molecule has 0 aliphatic heterocycles. The second kappa shape index (κ2) is 8.69. The largest absolute Gasteiger partial charge is 0.484 e. The number of benzene rings is 3. The minimum absolute atomic E-state index is 0.0311. The van der Waals surface area contributed by atoms with Gasteiger partial charge in [-0.15, -0.1) is 0 Å². The zero-order valence-corrected chi connectivity index (χ0v) is 15.8. The van der Waals surface area contributed by atoms with Crippen molar-refractivity contribution in [2.24, 2.45) is 0 Å². The fraction of sp³-hybridized carbons (Fsp3) is 0.261. The third kappa shape index (κ3) is 4.47. The molecule has 3 aromatic carbocycles. The normalized spacial score (nSPS) is 13.1. The molecular formula is C23H25NO3. The van der Waals surface area contributed by atoms with Crippen LogP contribution in [0.25, 0.3) is 10.8 Å². The molecule has 0 heterocycles. The number of rotatable bonds is 8. The zero-order valence-electron chi connectivity index (χ0n) is 15.8. The van der Waals surface area contributed by atoms with Gasteiger partial charge in [-0.1, -0.05) is 67.6 Å². The molecule has 0 spiro atoms. The molecule has 4 heteroatoms. The van der Waals surface area contributed by atoms with Crippen molar-refractivity contribution in [1.82, 2.24) is 5.32 Å². The van der Waals surface area contributed by atoms with E-state index in [1.807, 2.05) is 79.7 Å². The first-order valence-corrected chi connectivity index (χ1v) is 9.16. The van der Waals surface area contributed by atoms with Crippen LogP contribution < -0.4 is 10.1 Å². The number of methoxy groups -OCH3 is 1. The van der Waals surface area contributed by atoms with E-state index in [4.69, 9.17) is 9.47 Å². The maximum Gasteiger partial charge on any atom is 0.258 e. The van der Waals surface area contributed by atoms with Crippen molar-refractivity contribution >= 4 is 16.7 Å². The summed E-state index contributed by atoms with van der Waals surface area (Å²) in [6.07, 6.45) is 0.749. The third-order valence-electron chi connectivity index (χ3n) is 4.92. The lowest BCUT2D eigenvalue weighted by Gasteiger charge is -2.32. The molecular weight excluding hydrogens is 338 g/mol. The van der Waals surface area contributed by atoms with Crippen molar-refractivity contribution in [2.45, 2.75) is 18.9 Å². The van der Waals surface area contributed by atoms with E-state index in [0.29, 0.717) is 12.3 Å². The number of fused-ring (bicyclic) bond motifs is 1. The van der Waals surface area contributed by atoms with Crippen LogP contribution in [0.15, 0.2) is 72.8 Å². The number of ether oxygens (including phenoxy) is 2. The molecule has 1 unspecified atom stereocenters. The Morgan fingerprint density at radius 3 is 2.37 bits per heavy atom. The summed E-state index contributed by atoms with van der Waals surface area (Å²) < 4.78 is 11.4. The van der Waals surface area contributed by atoms with Gasteiger partial charge in [0.15, 0.2) is 6.61 Å². The highest BCUT2D eigenvalue weighted by atomic mass is 16.5. The van der Waals surface area contributed by atoms with E-state index >= 15 is 0 Å². The van der Waals surface area contributed by atoms with Crippen molar-refractivity contribution in [3.05, 3.63) is 78.4 Å². The van der Waals surface area contributed by atoms with Crippen LogP contribution in [0.4, 0.5) is 0 Å². The first-order chi connectivity index (χ1) is 13.2. The van der Waals surface area contributed by atoms with E-state index < -0.39 is 5.60 Å². The fourth-order valence-electron chi connectivity index (χ4n) is 3.21. The van der Waals surface area contributed by atoms with Crippen LogP contribution in [0.1, 0.15) is 18.9 Å². The highest BCUT2D eigenvalue weighted by molar-refractivity contribution is 5.84. The molecule has 0 fully saturated rings. The number of carbonyl (C=O) groups excluding carboxylic acids is 1. The number of amides is 1. The molecule has 0 aliphatic rings. The molecule has 0 aromatic heterocycles. The molecule has 0 aliphatic carbocycles. The standard InChI is InChI=1S/C23H25NO3/c1-3-23(26-2,20-11-5-4-6-12-20)17-24-22(25)16-27-21-14-13-18-9-7-8-10-19(18)15-21/h4-15H,3,16-17H2,1-2H3,(H,24,25). The molecule has 3 aromatic rings. The summed E-state index contributed by atoms with van der Waals surface area (Å²) in [4.78, 5) is 12.3. The first-order valence-electron chi connectivity index (χ1n) is 9.16. The molecule has 4 nitrogen and oxygen atoms in total. The molecule has 3 rings (SSSR count). The van der Waals surface area contributed by atoms with Gasteiger partial charge in [0, 0.05) is 7.11 Å². The number of carbonyl (C=O) groups is 1. The summed E-state index contributed by atoms with van der Waals surface area (Å²) in [6.45, 7) is 2.41. The summed E-state index contributed by atoms with van der Waals surface area (Å²) in [5, 5.41) is 5.17. The highest BCUT2D eigenvalue weighted by Gasteiger charge is 2.30.